The third kappa shape index (κ3) is 3.17. The molecule has 1 heterocycles. The third-order valence-corrected chi connectivity index (χ3v) is 2.91. The van der Waals surface area contributed by atoms with Crippen LogP contribution in [0.5, 0.6) is 0 Å². The minimum Gasteiger partial charge on any atom is -0.294 e. The molecule has 0 aliphatic heterocycles. The Morgan fingerprint density at radius 3 is 3.00 bits per heavy atom. The largest absolute Gasteiger partial charge is 0.294 e. The first-order valence-corrected chi connectivity index (χ1v) is 6.34. The Hall–Kier alpha value is -1.75. The monoisotopic (exact) mass is 281 g/mol. The van der Waals surface area contributed by atoms with Crippen molar-refractivity contribution in [1.29, 1.82) is 0 Å². The van der Waals surface area contributed by atoms with Crippen molar-refractivity contribution < 1.29 is 9.18 Å². The summed E-state index contributed by atoms with van der Waals surface area (Å²) in [6, 6.07) is 3.93. The summed E-state index contributed by atoms with van der Waals surface area (Å²) < 4.78 is 15.2. The van der Waals surface area contributed by atoms with E-state index in [2.05, 4.69) is 10.1 Å². The van der Waals surface area contributed by atoms with Gasteiger partial charge in [0.2, 0.25) is 0 Å². The second kappa shape index (κ2) is 5.93. The summed E-state index contributed by atoms with van der Waals surface area (Å²) >= 11 is 5.77. The summed E-state index contributed by atoms with van der Waals surface area (Å²) in [4.78, 5) is 16.1. The number of carbonyl (C=O) groups excluding carboxylic acids is 1. The Morgan fingerprint density at radius 1 is 1.47 bits per heavy atom. The normalized spacial score (nSPS) is 10.7. The summed E-state index contributed by atoms with van der Waals surface area (Å²) in [7, 11) is 0. The lowest BCUT2D eigenvalue weighted by atomic mass is 10.1. The molecule has 6 heteroatoms. The maximum absolute atomic E-state index is 13.6. The Morgan fingerprint density at radius 2 is 2.26 bits per heavy atom. The maximum Gasteiger partial charge on any atom is 0.173 e. The average molecular weight is 282 g/mol. The summed E-state index contributed by atoms with van der Waals surface area (Å²) in [5.41, 5.74) is -0.0152. The van der Waals surface area contributed by atoms with Crippen molar-refractivity contribution >= 4 is 17.4 Å². The quantitative estimate of drug-likeness (QED) is 0.792. The molecule has 0 aliphatic carbocycles. The lowest BCUT2D eigenvalue weighted by molar-refractivity contribution is 0.0985. The first-order chi connectivity index (χ1) is 9.11. The summed E-state index contributed by atoms with van der Waals surface area (Å²) in [5, 5.41) is 4.36. The van der Waals surface area contributed by atoms with Crippen molar-refractivity contribution in [3.8, 4) is 0 Å². The molecule has 0 saturated heterocycles. The fourth-order valence-corrected chi connectivity index (χ4v) is 1.95. The van der Waals surface area contributed by atoms with Crippen LogP contribution in [0.2, 0.25) is 5.02 Å². The zero-order chi connectivity index (χ0) is 13.8. The average Bonchev–Trinajstić information content (AvgIpc) is 2.80. The number of benzene rings is 1. The van der Waals surface area contributed by atoms with Crippen LogP contribution in [0.1, 0.15) is 29.5 Å². The van der Waals surface area contributed by atoms with Gasteiger partial charge in [-0.1, -0.05) is 18.5 Å². The minimum absolute atomic E-state index is 0.0112. The number of ketones is 1. The molecule has 0 saturated carbocycles. The summed E-state index contributed by atoms with van der Waals surface area (Å²) in [5.74, 6) is -0.396. The Labute approximate surface area is 115 Å². The molecular weight excluding hydrogens is 269 g/mol. The SMILES string of the molecule is CCCn1ncnc1CC(=O)c1cc(Cl)ccc1F. The molecule has 19 heavy (non-hydrogen) atoms. The van der Waals surface area contributed by atoms with E-state index in [0.29, 0.717) is 17.4 Å². The maximum atomic E-state index is 13.6. The Bertz CT molecular complexity index is 597. The molecule has 2 aromatic rings. The van der Waals surface area contributed by atoms with Crippen LogP contribution >= 0.6 is 11.6 Å². The molecule has 0 N–H and O–H groups in total. The molecule has 2 rings (SSSR count). The number of carbonyl (C=O) groups is 1. The van der Waals surface area contributed by atoms with Crippen LogP contribution < -0.4 is 0 Å². The number of nitrogens with zero attached hydrogens (tertiary/aromatic N) is 3. The van der Waals surface area contributed by atoms with E-state index < -0.39 is 5.82 Å². The van der Waals surface area contributed by atoms with Gasteiger partial charge in [0.25, 0.3) is 0 Å². The number of aryl methyl sites for hydroxylation is 1. The van der Waals surface area contributed by atoms with Gasteiger partial charge in [-0.15, -0.1) is 0 Å². The Kier molecular flexibility index (Phi) is 4.27. The van der Waals surface area contributed by atoms with Gasteiger partial charge >= 0.3 is 0 Å². The fourth-order valence-electron chi connectivity index (χ4n) is 1.77. The predicted molar refractivity (Wildman–Crippen MR) is 69.8 cm³/mol. The molecule has 0 atom stereocenters. The molecule has 0 fully saturated rings. The van der Waals surface area contributed by atoms with Crippen LogP contribution in [0.25, 0.3) is 0 Å². The zero-order valence-electron chi connectivity index (χ0n) is 10.4. The van der Waals surface area contributed by atoms with Crippen LogP contribution in [0.3, 0.4) is 0 Å². The lowest BCUT2D eigenvalue weighted by Gasteiger charge is -2.05. The zero-order valence-corrected chi connectivity index (χ0v) is 11.2. The van der Waals surface area contributed by atoms with Gasteiger partial charge in [0, 0.05) is 11.6 Å². The second-order valence-corrected chi connectivity index (χ2v) is 4.56. The minimum atomic E-state index is -0.573. The van der Waals surface area contributed by atoms with E-state index in [9.17, 15) is 9.18 Å². The standard InChI is InChI=1S/C13H13ClFN3O/c1-2-5-18-13(16-8-17-18)7-12(19)10-6-9(14)3-4-11(10)15/h3-4,6,8H,2,5,7H2,1H3. The molecule has 0 spiro atoms. The topological polar surface area (TPSA) is 47.8 Å². The number of hydrogen-bond acceptors (Lipinski definition) is 3. The highest BCUT2D eigenvalue weighted by Crippen LogP contribution is 2.16. The fraction of sp³-hybridized carbons (Fsp3) is 0.308. The number of aromatic nitrogens is 3. The molecule has 0 unspecified atom stereocenters. The number of rotatable bonds is 5. The summed E-state index contributed by atoms with van der Waals surface area (Å²) in [6.45, 7) is 2.69. The van der Waals surface area contributed by atoms with Gasteiger partial charge < -0.3 is 0 Å². The molecule has 0 radical (unpaired) electrons. The van der Waals surface area contributed by atoms with Crippen LogP contribution in [0.15, 0.2) is 24.5 Å². The molecular formula is C13H13ClFN3O. The first kappa shape index (κ1) is 13.7. The van der Waals surface area contributed by atoms with Gasteiger partial charge in [-0.25, -0.2) is 14.1 Å². The number of halogens is 2. The van der Waals surface area contributed by atoms with Crippen LogP contribution in [-0.2, 0) is 13.0 Å². The molecule has 0 amide bonds. The van der Waals surface area contributed by atoms with Crippen molar-refractivity contribution in [3.05, 3.63) is 46.8 Å². The Balaban J connectivity index is 2.21. The first-order valence-electron chi connectivity index (χ1n) is 5.96. The third-order valence-electron chi connectivity index (χ3n) is 2.68. The molecule has 1 aromatic carbocycles. The van der Waals surface area contributed by atoms with Crippen molar-refractivity contribution in [2.24, 2.45) is 0 Å². The molecule has 4 nitrogen and oxygen atoms in total. The van der Waals surface area contributed by atoms with E-state index in [1.54, 1.807) is 4.68 Å². The van der Waals surface area contributed by atoms with E-state index >= 15 is 0 Å². The predicted octanol–water partition coefficient (Wildman–Crippen LogP) is 2.91. The van der Waals surface area contributed by atoms with Gasteiger partial charge in [0.15, 0.2) is 5.78 Å². The molecule has 100 valence electrons. The van der Waals surface area contributed by atoms with Crippen molar-refractivity contribution in [2.75, 3.05) is 0 Å². The van der Waals surface area contributed by atoms with Crippen molar-refractivity contribution in [3.63, 3.8) is 0 Å². The molecule has 0 aliphatic rings. The van der Waals surface area contributed by atoms with Gasteiger partial charge in [-0.05, 0) is 24.6 Å². The van der Waals surface area contributed by atoms with Gasteiger partial charge in [0.05, 0.1) is 12.0 Å². The number of hydrogen-bond donors (Lipinski definition) is 0. The smallest absolute Gasteiger partial charge is 0.173 e. The van der Waals surface area contributed by atoms with Crippen LogP contribution in [0.4, 0.5) is 4.39 Å². The van der Waals surface area contributed by atoms with Crippen LogP contribution in [0, 0.1) is 5.82 Å². The van der Waals surface area contributed by atoms with Crippen molar-refractivity contribution in [2.45, 2.75) is 26.3 Å². The highest BCUT2D eigenvalue weighted by atomic mass is 35.5. The van der Waals surface area contributed by atoms with E-state index in [-0.39, 0.29) is 17.8 Å². The van der Waals surface area contributed by atoms with E-state index in [4.69, 9.17) is 11.6 Å². The van der Waals surface area contributed by atoms with E-state index in [1.165, 1.54) is 24.5 Å². The van der Waals surface area contributed by atoms with Crippen LogP contribution in [-0.4, -0.2) is 20.5 Å². The van der Waals surface area contributed by atoms with Gasteiger partial charge in [-0.3, -0.25) is 4.79 Å². The highest BCUT2D eigenvalue weighted by molar-refractivity contribution is 6.31. The molecule has 0 bridgehead atoms. The highest BCUT2D eigenvalue weighted by Gasteiger charge is 2.16. The van der Waals surface area contributed by atoms with E-state index in [0.717, 1.165) is 6.42 Å². The van der Waals surface area contributed by atoms with E-state index in [1.807, 2.05) is 6.92 Å². The summed E-state index contributed by atoms with van der Waals surface area (Å²) in [6.07, 6.45) is 2.29. The second-order valence-electron chi connectivity index (χ2n) is 4.12. The van der Waals surface area contributed by atoms with Gasteiger partial charge in [0.1, 0.15) is 18.0 Å². The van der Waals surface area contributed by atoms with Gasteiger partial charge in [-0.2, -0.15) is 5.10 Å². The lowest BCUT2D eigenvalue weighted by Crippen LogP contribution is -2.12. The van der Waals surface area contributed by atoms with Crippen molar-refractivity contribution in [1.82, 2.24) is 14.8 Å². The molecule has 1 aromatic heterocycles. The number of Topliss-reactive ketones (excluding diaryl/α,β-unsaturated/α-hetero) is 1.